The van der Waals surface area contributed by atoms with E-state index in [2.05, 4.69) is 33.5 Å². The quantitative estimate of drug-likeness (QED) is 0.719. The first-order valence-electron chi connectivity index (χ1n) is 6.73. The van der Waals surface area contributed by atoms with Gasteiger partial charge in [0, 0.05) is 29.8 Å². The van der Waals surface area contributed by atoms with E-state index >= 15 is 0 Å². The summed E-state index contributed by atoms with van der Waals surface area (Å²) in [7, 11) is 1.71. The average molecular weight is 296 g/mol. The van der Waals surface area contributed by atoms with Crippen LogP contribution in [0.4, 0.5) is 0 Å². The van der Waals surface area contributed by atoms with Crippen molar-refractivity contribution >= 4 is 11.3 Å². The number of hydrogen-bond donors (Lipinski definition) is 0. The summed E-state index contributed by atoms with van der Waals surface area (Å²) in [6.07, 6.45) is 1.88. The first kappa shape index (κ1) is 13.9. The van der Waals surface area contributed by atoms with Crippen LogP contribution in [-0.2, 0) is 11.3 Å². The number of ether oxygens (including phenoxy) is 1. The van der Waals surface area contributed by atoms with Gasteiger partial charge in [0.25, 0.3) is 0 Å². The molecule has 0 amide bonds. The summed E-state index contributed by atoms with van der Waals surface area (Å²) in [6, 6.07) is 12.3. The van der Waals surface area contributed by atoms with Crippen molar-refractivity contribution in [2.75, 3.05) is 7.11 Å². The van der Waals surface area contributed by atoms with Gasteiger partial charge < -0.3 is 4.74 Å². The van der Waals surface area contributed by atoms with Gasteiger partial charge in [0.15, 0.2) is 0 Å². The van der Waals surface area contributed by atoms with Crippen LogP contribution in [0.25, 0.3) is 22.5 Å². The lowest BCUT2D eigenvalue weighted by Crippen LogP contribution is -1.93. The van der Waals surface area contributed by atoms with Crippen LogP contribution >= 0.6 is 11.3 Å². The van der Waals surface area contributed by atoms with E-state index in [1.54, 1.807) is 18.4 Å². The normalized spacial score (nSPS) is 10.8. The largest absolute Gasteiger partial charge is 0.380 e. The van der Waals surface area contributed by atoms with Crippen LogP contribution in [0, 0.1) is 6.92 Å². The molecular formula is C17H16N2OS. The molecule has 0 fully saturated rings. The number of aryl methyl sites for hydroxylation is 1. The third-order valence-electron chi connectivity index (χ3n) is 3.27. The Hall–Kier alpha value is -2.04. The zero-order chi connectivity index (χ0) is 14.7. The summed E-state index contributed by atoms with van der Waals surface area (Å²) in [5.74, 6) is 0. The highest BCUT2D eigenvalue weighted by molar-refractivity contribution is 7.09. The zero-order valence-electron chi connectivity index (χ0n) is 12.0. The Labute approximate surface area is 128 Å². The van der Waals surface area contributed by atoms with Crippen LogP contribution in [0.2, 0.25) is 0 Å². The van der Waals surface area contributed by atoms with Gasteiger partial charge in [0.05, 0.1) is 23.0 Å². The van der Waals surface area contributed by atoms with Gasteiger partial charge in [-0.05, 0) is 24.6 Å². The SMILES string of the molecule is COCc1ccccc1-c1ccc(-c2csc(C)n2)cn1. The molecule has 0 aliphatic heterocycles. The van der Waals surface area contributed by atoms with Gasteiger partial charge in [-0.3, -0.25) is 4.98 Å². The van der Waals surface area contributed by atoms with E-state index in [-0.39, 0.29) is 0 Å². The van der Waals surface area contributed by atoms with Crippen LogP contribution in [-0.4, -0.2) is 17.1 Å². The number of rotatable bonds is 4. The Morgan fingerprint density at radius 3 is 2.62 bits per heavy atom. The van der Waals surface area contributed by atoms with E-state index in [9.17, 15) is 0 Å². The maximum Gasteiger partial charge on any atom is 0.0901 e. The third-order valence-corrected chi connectivity index (χ3v) is 4.04. The molecule has 4 heteroatoms. The van der Waals surface area contributed by atoms with Crippen molar-refractivity contribution in [3.05, 3.63) is 58.5 Å². The van der Waals surface area contributed by atoms with Gasteiger partial charge in [-0.15, -0.1) is 11.3 Å². The second kappa shape index (κ2) is 6.16. The minimum absolute atomic E-state index is 0.588. The zero-order valence-corrected chi connectivity index (χ0v) is 12.9. The Balaban J connectivity index is 1.94. The van der Waals surface area contributed by atoms with Crippen molar-refractivity contribution in [2.24, 2.45) is 0 Å². The molecule has 0 spiro atoms. The molecule has 0 atom stereocenters. The standard InChI is InChI=1S/C17H16N2OS/c1-12-19-17(11-21-12)13-7-8-16(18-9-13)15-6-4-3-5-14(15)10-20-2/h3-9,11H,10H2,1-2H3. The smallest absolute Gasteiger partial charge is 0.0901 e. The number of hydrogen-bond acceptors (Lipinski definition) is 4. The molecule has 0 aliphatic carbocycles. The molecule has 0 saturated carbocycles. The predicted molar refractivity (Wildman–Crippen MR) is 86.2 cm³/mol. The molecule has 21 heavy (non-hydrogen) atoms. The van der Waals surface area contributed by atoms with Gasteiger partial charge in [-0.25, -0.2) is 4.98 Å². The second-order valence-electron chi connectivity index (χ2n) is 4.77. The lowest BCUT2D eigenvalue weighted by Gasteiger charge is -2.08. The molecule has 0 radical (unpaired) electrons. The van der Waals surface area contributed by atoms with E-state index in [4.69, 9.17) is 4.74 Å². The number of aromatic nitrogens is 2. The van der Waals surface area contributed by atoms with E-state index in [1.165, 1.54) is 0 Å². The van der Waals surface area contributed by atoms with E-state index < -0.39 is 0 Å². The number of methoxy groups -OCH3 is 1. The van der Waals surface area contributed by atoms with Crippen molar-refractivity contribution in [3.63, 3.8) is 0 Å². The Morgan fingerprint density at radius 2 is 1.95 bits per heavy atom. The molecule has 3 aromatic rings. The van der Waals surface area contributed by atoms with Crippen LogP contribution in [0.1, 0.15) is 10.6 Å². The lowest BCUT2D eigenvalue weighted by atomic mass is 10.0. The number of thiazole rings is 1. The minimum Gasteiger partial charge on any atom is -0.380 e. The first-order chi connectivity index (χ1) is 10.3. The molecule has 106 valence electrons. The first-order valence-corrected chi connectivity index (χ1v) is 7.61. The number of pyridine rings is 1. The van der Waals surface area contributed by atoms with E-state index in [0.29, 0.717) is 6.61 Å². The molecule has 3 nitrogen and oxygen atoms in total. The Morgan fingerprint density at radius 1 is 1.10 bits per heavy atom. The van der Waals surface area contributed by atoms with Crippen molar-refractivity contribution in [3.8, 4) is 22.5 Å². The highest BCUT2D eigenvalue weighted by Crippen LogP contribution is 2.26. The van der Waals surface area contributed by atoms with E-state index in [1.807, 2.05) is 31.3 Å². The molecule has 3 rings (SSSR count). The second-order valence-corrected chi connectivity index (χ2v) is 5.84. The lowest BCUT2D eigenvalue weighted by molar-refractivity contribution is 0.185. The van der Waals surface area contributed by atoms with Crippen LogP contribution in [0.5, 0.6) is 0 Å². The van der Waals surface area contributed by atoms with E-state index in [0.717, 1.165) is 33.1 Å². The van der Waals surface area contributed by atoms with Crippen molar-refractivity contribution in [1.82, 2.24) is 9.97 Å². The van der Waals surface area contributed by atoms with Gasteiger partial charge in [0.2, 0.25) is 0 Å². The molecule has 2 aromatic heterocycles. The monoisotopic (exact) mass is 296 g/mol. The Bertz CT molecular complexity index is 735. The van der Waals surface area contributed by atoms with Crippen LogP contribution in [0.3, 0.4) is 0 Å². The fourth-order valence-electron chi connectivity index (χ4n) is 2.25. The van der Waals surface area contributed by atoms with Gasteiger partial charge in [-0.2, -0.15) is 0 Å². The summed E-state index contributed by atoms with van der Waals surface area (Å²) < 4.78 is 5.25. The fraction of sp³-hybridized carbons (Fsp3) is 0.176. The highest BCUT2D eigenvalue weighted by Gasteiger charge is 2.07. The molecule has 0 saturated heterocycles. The fourth-order valence-corrected chi connectivity index (χ4v) is 2.87. The van der Waals surface area contributed by atoms with Gasteiger partial charge in [0.1, 0.15) is 0 Å². The molecular weight excluding hydrogens is 280 g/mol. The van der Waals surface area contributed by atoms with Gasteiger partial charge >= 0.3 is 0 Å². The summed E-state index contributed by atoms with van der Waals surface area (Å²) in [4.78, 5) is 9.08. The highest BCUT2D eigenvalue weighted by atomic mass is 32.1. The van der Waals surface area contributed by atoms with Crippen LogP contribution in [0.15, 0.2) is 48.0 Å². The van der Waals surface area contributed by atoms with Crippen molar-refractivity contribution < 1.29 is 4.74 Å². The Kier molecular flexibility index (Phi) is 4.08. The number of benzene rings is 1. The minimum atomic E-state index is 0.588. The van der Waals surface area contributed by atoms with Crippen molar-refractivity contribution in [1.29, 1.82) is 0 Å². The number of nitrogens with zero attached hydrogens (tertiary/aromatic N) is 2. The van der Waals surface area contributed by atoms with Crippen molar-refractivity contribution in [2.45, 2.75) is 13.5 Å². The van der Waals surface area contributed by atoms with Gasteiger partial charge in [-0.1, -0.05) is 24.3 Å². The molecule has 1 aromatic carbocycles. The van der Waals surface area contributed by atoms with Crippen LogP contribution < -0.4 is 0 Å². The molecule has 0 bridgehead atoms. The molecule has 2 heterocycles. The maximum atomic E-state index is 5.25. The molecule has 0 unspecified atom stereocenters. The molecule has 0 aliphatic rings. The summed E-state index contributed by atoms with van der Waals surface area (Å²) in [5.41, 5.74) is 5.25. The topological polar surface area (TPSA) is 35.0 Å². The summed E-state index contributed by atoms with van der Waals surface area (Å²) >= 11 is 1.65. The summed E-state index contributed by atoms with van der Waals surface area (Å²) in [5, 5.41) is 3.13. The summed E-state index contributed by atoms with van der Waals surface area (Å²) in [6.45, 7) is 2.60. The molecule has 0 N–H and O–H groups in total. The average Bonchev–Trinajstić information content (AvgIpc) is 2.95. The third kappa shape index (κ3) is 3.01. The maximum absolute atomic E-state index is 5.25. The predicted octanol–water partition coefficient (Wildman–Crippen LogP) is 4.33.